The van der Waals surface area contributed by atoms with Crippen molar-refractivity contribution in [1.29, 1.82) is 0 Å². The molecule has 1 spiro atoms. The molecule has 0 unspecified atom stereocenters. The summed E-state index contributed by atoms with van der Waals surface area (Å²) < 4.78 is 0. The Bertz CT molecular complexity index is 879. The summed E-state index contributed by atoms with van der Waals surface area (Å²) in [6, 6.07) is 11.3. The molecule has 2 aliphatic heterocycles. The van der Waals surface area contributed by atoms with Crippen LogP contribution in [0.15, 0.2) is 48.8 Å². The van der Waals surface area contributed by atoms with Crippen molar-refractivity contribution in [3.05, 3.63) is 60.2 Å². The lowest BCUT2D eigenvalue weighted by Crippen LogP contribution is -2.57. The van der Waals surface area contributed by atoms with Crippen LogP contribution in [0.2, 0.25) is 0 Å². The molecule has 2 saturated heterocycles. The van der Waals surface area contributed by atoms with Crippen LogP contribution in [0.1, 0.15) is 38.1 Å². The van der Waals surface area contributed by atoms with Gasteiger partial charge in [-0.05, 0) is 43.0 Å². The minimum atomic E-state index is -0.739. The highest BCUT2D eigenvalue weighted by Crippen LogP contribution is 2.38. The van der Waals surface area contributed by atoms with Crippen LogP contribution in [0.25, 0.3) is 0 Å². The SMILES string of the molecule is CC(C)CN1C(=O)N(Cc2ccccn2)C(=O)C12CCN(Cc1ccccn1)CC2. The molecule has 0 aliphatic carbocycles. The van der Waals surface area contributed by atoms with E-state index in [1.807, 2.05) is 41.3 Å². The van der Waals surface area contributed by atoms with Crippen LogP contribution in [0.4, 0.5) is 4.79 Å². The molecular formula is C23H29N5O2. The average Bonchev–Trinajstić information content (AvgIpc) is 2.93. The number of carbonyl (C=O) groups is 2. The number of aromatic nitrogens is 2. The Morgan fingerprint density at radius 2 is 1.53 bits per heavy atom. The van der Waals surface area contributed by atoms with Crippen molar-refractivity contribution in [3.8, 4) is 0 Å². The highest BCUT2D eigenvalue weighted by atomic mass is 16.2. The van der Waals surface area contributed by atoms with Crippen molar-refractivity contribution in [2.75, 3.05) is 19.6 Å². The number of piperidine rings is 1. The Hall–Kier alpha value is -2.80. The van der Waals surface area contributed by atoms with Gasteiger partial charge < -0.3 is 4.90 Å². The van der Waals surface area contributed by atoms with E-state index in [9.17, 15) is 9.59 Å². The van der Waals surface area contributed by atoms with Gasteiger partial charge in [-0.1, -0.05) is 26.0 Å². The van der Waals surface area contributed by atoms with Crippen molar-refractivity contribution in [2.24, 2.45) is 5.92 Å². The van der Waals surface area contributed by atoms with Gasteiger partial charge in [-0.3, -0.25) is 24.6 Å². The molecular weight excluding hydrogens is 378 g/mol. The minimum absolute atomic E-state index is 0.0729. The molecule has 3 amide bonds. The first kappa shape index (κ1) is 20.5. The Balaban J connectivity index is 1.52. The molecule has 7 heteroatoms. The van der Waals surface area contributed by atoms with E-state index in [1.165, 1.54) is 4.90 Å². The number of nitrogens with zero attached hydrogens (tertiary/aromatic N) is 5. The average molecular weight is 408 g/mol. The third-order valence-electron chi connectivity index (χ3n) is 6.01. The maximum absolute atomic E-state index is 13.6. The number of amides is 3. The number of imide groups is 1. The molecule has 0 atom stereocenters. The van der Waals surface area contributed by atoms with Gasteiger partial charge in [0.25, 0.3) is 5.91 Å². The van der Waals surface area contributed by atoms with Gasteiger partial charge in [0.2, 0.25) is 0 Å². The number of carbonyl (C=O) groups excluding carboxylic acids is 2. The second-order valence-electron chi connectivity index (χ2n) is 8.63. The Morgan fingerprint density at radius 1 is 0.933 bits per heavy atom. The zero-order chi connectivity index (χ0) is 21.1. The molecule has 158 valence electrons. The molecule has 0 bridgehead atoms. The van der Waals surface area contributed by atoms with E-state index in [2.05, 4.69) is 28.7 Å². The van der Waals surface area contributed by atoms with Crippen LogP contribution in [0.3, 0.4) is 0 Å². The summed E-state index contributed by atoms with van der Waals surface area (Å²) in [5.41, 5.74) is 1.02. The summed E-state index contributed by atoms with van der Waals surface area (Å²) in [4.78, 5) is 41.1. The summed E-state index contributed by atoms with van der Waals surface area (Å²) in [6.45, 7) is 7.28. The van der Waals surface area contributed by atoms with Gasteiger partial charge in [0.05, 0.1) is 17.9 Å². The normalized spacial score (nSPS) is 19.3. The van der Waals surface area contributed by atoms with Gasteiger partial charge in [-0.25, -0.2) is 4.79 Å². The quantitative estimate of drug-likeness (QED) is 0.689. The van der Waals surface area contributed by atoms with Gasteiger partial charge in [0.15, 0.2) is 0 Å². The highest BCUT2D eigenvalue weighted by molar-refractivity contribution is 6.07. The molecule has 2 fully saturated rings. The summed E-state index contributed by atoms with van der Waals surface area (Å²) in [5, 5.41) is 0. The number of likely N-dealkylation sites (tertiary alicyclic amines) is 1. The first-order chi connectivity index (χ1) is 14.5. The molecule has 2 aromatic heterocycles. The third kappa shape index (κ3) is 3.94. The first-order valence-corrected chi connectivity index (χ1v) is 10.7. The van der Waals surface area contributed by atoms with E-state index in [4.69, 9.17) is 0 Å². The van der Waals surface area contributed by atoms with Crippen molar-refractivity contribution in [1.82, 2.24) is 24.7 Å². The van der Waals surface area contributed by atoms with Gasteiger partial charge in [-0.15, -0.1) is 0 Å². The lowest BCUT2D eigenvalue weighted by molar-refractivity contribution is -0.136. The molecule has 4 rings (SSSR count). The smallest absolute Gasteiger partial charge is 0.309 e. The van der Waals surface area contributed by atoms with Crippen LogP contribution in [0, 0.1) is 5.92 Å². The summed E-state index contributed by atoms with van der Waals surface area (Å²) in [5.74, 6) is 0.219. The molecule has 0 radical (unpaired) electrons. The van der Waals surface area contributed by atoms with Gasteiger partial charge in [-0.2, -0.15) is 0 Å². The molecule has 4 heterocycles. The van der Waals surface area contributed by atoms with Crippen molar-refractivity contribution >= 4 is 11.9 Å². The maximum atomic E-state index is 13.6. The summed E-state index contributed by atoms with van der Waals surface area (Å²) >= 11 is 0. The molecule has 0 aromatic carbocycles. The zero-order valence-electron chi connectivity index (χ0n) is 17.7. The second-order valence-corrected chi connectivity index (χ2v) is 8.63. The molecule has 2 aromatic rings. The van der Waals surface area contributed by atoms with E-state index >= 15 is 0 Å². The van der Waals surface area contributed by atoms with Crippen LogP contribution in [-0.2, 0) is 17.9 Å². The van der Waals surface area contributed by atoms with Crippen LogP contribution < -0.4 is 0 Å². The highest BCUT2D eigenvalue weighted by Gasteiger charge is 2.57. The lowest BCUT2D eigenvalue weighted by atomic mass is 9.85. The van der Waals surface area contributed by atoms with E-state index < -0.39 is 5.54 Å². The largest absolute Gasteiger partial charge is 0.328 e. The molecule has 30 heavy (non-hydrogen) atoms. The van der Waals surface area contributed by atoms with Crippen LogP contribution in [0.5, 0.6) is 0 Å². The van der Waals surface area contributed by atoms with E-state index in [1.54, 1.807) is 12.4 Å². The summed E-state index contributed by atoms with van der Waals surface area (Å²) in [6.07, 6.45) is 4.80. The Morgan fingerprint density at radius 3 is 2.07 bits per heavy atom. The van der Waals surface area contributed by atoms with Crippen molar-refractivity contribution < 1.29 is 9.59 Å². The number of rotatable bonds is 6. The van der Waals surface area contributed by atoms with Gasteiger partial charge >= 0.3 is 6.03 Å². The second kappa shape index (κ2) is 8.52. The van der Waals surface area contributed by atoms with Crippen LogP contribution >= 0.6 is 0 Å². The number of pyridine rings is 2. The molecule has 0 N–H and O–H groups in total. The topological polar surface area (TPSA) is 69.6 Å². The lowest BCUT2D eigenvalue weighted by Gasteiger charge is -2.42. The Labute approximate surface area is 177 Å². The number of hydrogen-bond donors (Lipinski definition) is 0. The fourth-order valence-electron chi connectivity index (χ4n) is 4.48. The van der Waals surface area contributed by atoms with Gasteiger partial charge in [0, 0.05) is 38.6 Å². The molecule has 0 saturated carbocycles. The van der Waals surface area contributed by atoms with E-state index in [0.717, 1.165) is 31.0 Å². The number of urea groups is 1. The minimum Gasteiger partial charge on any atom is -0.309 e. The monoisotopic (exact) mass is 407 g/mol. The van der Waals surface area contributed by atoms with E-state index in [0.29, 0.717) is 25.3 Å². The molecule has 7 nitrogen and oxygen atoms in total. The van der Waals surface area contributed by atoms with Crippen molar-refractivity contribution in [2.45, 2.75) is 45.3 Å². The predicted molar refractivity (Wildman–Crippen MR) is 113 cm³/mol. The summed E-state index contributed by atoms with van der Waals surface area (Å²) in [7, 11) is 0. The maximum Gasteiger partial charge on any atom is 0.328 e. The predicted octanol–water partition coefficient (Wildman–Crippen LogP) is 2.93. The fraction of sp³-hybridized carbons (Fsp3) is 0.478. The fourth-order valence-corrected chi connectivity index (χ4v) is 4.48. The standard InChI is InChI=1S/C23H29N5O2/c1-18(2)15-28-22(30)27(17-20-8-4-6-12-25-20)21(29)23(28)9-13-26(14-10-23)16-19-7-3-5-11-24-19/h3-8,11-12,18H,9-10,13-17H2,1-2H3. The van der Waals surface area contributed by atoms with Gasteiger partial charge in [0.1, 0.15) is 5.54 Å². The first-order valence-electron chi connectivity index (χ1n) is 10.7. The number of hydrogen-bond acceptors (Lipinski definition) is 5. The van der Waals surface area contributed by atoms with E-state index in [-0.39, 0.29) is 18.5 Å². The molecule has 2 aliphatic rings. The third-order valence-corrected chi connectivity index (χ3v) is 6.01. The van der Waals surface area contributed by atoms with Crippen molar-refractivity contribution in [3.63, 3.8) is 0 Å². The van der Waals surface area contributed by atoms with Crippen LogP contribution in [-0.4, -0.2) is 61.8 Å². The Kier molecular flexibility index (Phi) is 5.81. The zero-order valence-corrected chi connectivity index (χ0v) is 17.7.